The molecule has 0 aliphatic heterocycles. The van der Waals surface area contributed by atoms with Crippen LogP contribution in [0.15, 0.2) is 12.1 Å². The van der Waals surface area contributed by atoms with Crippen molar-refractivity contribution < 1.29 is 57.4 Å². The number of hydrogen-bond acceptors (Lipinski definition) is 1. The third-order valence-electron chi connectivity index (χ3n) is 4.41. The average molecular weight is 549 g/mol. The Hall–Kier alpha value is -0.863. The van der Waals surface area contributed by atoms with Gasteiger partial charge in [0.1, 0.15) is 0 Å². The number of ether oxygens (including phenoxy) is 1. The zero-order chi connectivity index (χ0) is 25.4. The minimum atomic E-state index is -7.44. The molecule has 0 aliphatic rings. The molecule has 1 rings (SSSR count). The molecule has 0 heterocycles. The lowest BCUT2D eigenvalue weighted by Crippen LogP contribution is -2.67. The molecule has 1 aromatic rings. The van der Waals surface area contributed by atoms with Crippen molar-refractivity contribution in [3.8, 4) is 0 Å². The fourth-order valence-electron chi connectivity index (χ4n) is 2.55. The highest BCUT2D eigenvalue weighted by Crippen LogP contribution is 2.56. The highest BCUT2D eigenvalue weighted by molar-refractivity contribution is 6.44. The van der Waals surface area contributed by atoms with Gasteiger partial charge in [-0.05, 0) is 18.1 Å². The van der Waals surface area contributed by atoms with Gasteiger partial charge >= 0.3 is 23.7 Å². The van der Waals surface area contributed by atoms with Crippen molar-refractivity contribution in [3.63, 3.8) is 0 Å². The van der Waals surface area contributed by atoms with Crippen LogP contribution in [0.1, 0.15) is 25.0 Å². The minimum absolute atomic E-state index is 0.124. The smallest absolute Gasteiger partial charge is 0.335 e. The third-order valence-corrected chi connectivity index (χ3v) is 6.10. The van der Waals surface area contributed by atoms with Crippen LogP contribution >= 0.6 is 23.2 Å². The Morgan fingerprint density at radius 3 is 1.78 bits per heavy atom. The summed E-state index contributed by atoms with van der Waals surface area (Å²) < 4.78 is 164. The van der Waals surface area contributed by atoms with Crippen molar-refractivity contribution in [2.45, 2.75) is 62.1 Å². The predicted octanol–water partition coefficient (Wildman–Crippen LogP) is 5.89. The molecule has 32 heavy (non-hydrogen) atoms. The van der Waals surface area contributed by atoms with E-state index >= 15 is 0 Å². The van der Waals surface area contributed by atoms with Gasteiger partial charge in [0.05, 0.1) is 16.1 Å². The van der Waals surface area contributed by atoms with Crippen LogP contribution in [0.2, 0.25) is 10.0 Å². The van der Waals surface area contributed by atoms with E-state index in [2.05, 4.69) is 4.74 Å². The molecule has 0 spiro atoms. The Morgan fingerprint density at radius 2 is 1.34 bits per heavy atom. The molecule has 0 aliphatic carbocycles. The summed E-state index contributed by atoms with van der Waals surface area (Å²) in [6.07, 6.45) is -17.2. The van der Waals surface area contributed by atoms with Gasteiger partial charge in [0.2, 0.25) is 6.17 Å². The quantitative estimate of drug-likeness (QED) is 0.261. The van der Waals surface area contributed by atoms with E-state index in [0.29, 0.717) is 0 Å². The monoisotopic (exact) mass is 548 g/mol. The molecule has 0 fully saturated rings. The Bertz CT molecular complexity index is 807. The molecular weight excluding hydrogens is 535 g/mol. The molecular formula is C16H14Cl2F12OSi. The molecule has 0 bridgehead atoms. The summed E-state index contributed by atoms with van der Waals surface area (Å²) in [6.45, 7) is 1.17. The molecule has 16 heteroatoms. The van der Waals surface area contributed by atoms with E-state index in [9.17, 15) is 52.7 Å². The van der Waals surface area contributed by atoms with Crippen LogP contribution in [0.5, 0.6) is 0 Å². The van der Waals surface area contributed by atoms with E-state index in [1.54, 1.807) is 0 Å². The molecule has 0 radical (unpaired) electrons. The summed E-state index contributed by atoms with van der Waals surface area (Å²) in [6, 6.07) is 2.57. The van der Waals surface area contributed by atoms with Crippen molar-refractivity contribution in [3.05, 3.63) is 27.7 Å². The van der Waals surface area contributed by atoms with Crippen LogP contribution in [0.25, 0.3) is 0 Å². The van der Waals surface area contributed by atoms with E-state index in [1.807, 2.05) is 0 Å². The van der Waals surface area contributed by atoms with Gasteiger partial charge in [0.15, 0.2) is 0 Å². The van der Waals surface area contributed by atoms with E-state index in [0.717, 1.165) is 0 Å². The van der Waals surface area contributed by atoms with E-state index in [4.69, 9.17) is 23.2 Å². The van der Waals surface area contributed by atoms with Gasteiger partial charge in [0.25, 0.3) is 12.8 Å². The SMILES string of the molecule is CCC(OC(F)C(F)(F)C(F)(F)C(F)(F)C(F)(F)C(F)C(F)F)c1c([SiH3])ccc(Cl)c1Cl. The Balaban J connectivity index is 3.37. The lowest BCUT2D eigenvalue weighted by atomic mass is 9.95. The molecule has 1 nitrogen and oxygen atoms in total. The van der Waals surface area contributed by atoms with Gasteiger partial charge in [-0.25, -0.2) is 17.6 Å². The zero-order valence-corrected chi connectivity index (χ0v) is 19.4. The zero-order valence-electron chi connectivity index (χ0n) is 15.9. The average Bonchev–Trinajstić information content (AvgIpc) is 2.68. The van der Waals surface area contributed by atoms with Crippen molar-refractivity contribution in [2.24, 2.45) is 0 Å². The first kappa shape index (κ1) is 29.2. The van der Waals surface area contributed by atoms with Gasteiger partial charge in [-0.1, -0.05) is 41.4 Å². The van der Waals surface area contributed by atoms with Gasteiger partial charge in [-0.2, -0.15) is 35.1 Å². The van der Waals surface area contributed by atoms with E-state index in [1.165, 1.54) is 19.1 Å². The fraction of sp³-hybridized carbons (Fsp3) is 0.625. The summed E-state index contributed by atoms with van der Waals surface area (Å²) in [5, 5.41) is -0.257. The standard InChI is InChI=1S/C16H14Cl2F12OSi/c1-2-6(8-7(32)4-3-5(17)9(8)18)31-12(22)14(25,26)16(29,30)15(27,28)13(23,24)10(19)11(20)21/h3-4,6,10-12H,2H2,1,32H3. The van der Waals surface area contributed by atoms with Gasteiger partial charge < -0.3 is 4.74 Å². The largest absolute Gasteiger partial charge is 0.383 e. The first-order valence-corrected chi connectivity index (χ1v) is 10.2. The highest BCUT2D eigenvalue weighted by Gasteiger charge is 2.85. The number of hydrogen-bond donors (Lipinski definition) is 0. The minimum Gasteiger partial charge on any atom is -0.335 e. The van der Waals surface area contributed by atoms with Crippen LogP contribution < -0.4 is 5.19 Å². The molecule has 0 N–H and O–H groups in total. The van der Waals surface area contributed by atoms with Crippen molar-refractivity contribution >= 4 is 38.6 Å². The van der Waals surface area contributed by atoms with Crippen LogP contribution in [0.4, 0.5) is 52.7 Å². The summed E-state index contributed by atoms with van der Waals surface area (Å²) in [7, 11) is 0.124. The first-order chi connectivity index (χ1) is 14.3. The number of alkyl halides is 12. The van der Waals surface area contributed by atoms with Crippen LogP contribution in [0.3, 0.4) is 0 Å². The van der Waals surface area contributed by atoms with Crippen LogP contribution in [-0.2, 0) is 4.74 Å². The van der Waals surface area contributed by atoms with E-state index < -0.39 is 55.2 Å². The molecule has 3 unspecified atom stereocenters. The van der Waals surface area contributed by atoms with Crippen LogP contribution in [0, 0.1) is 0 Å². The Kier molecular flexibility index (Phi) is 8.92. The second-order valence-corrected chi connectivity index (χ2v) is 8.43. The second kappa shape index (κ2) is 9.78. The molecule has 186 valence electrons. The van der Waals surface area contributed by atoms with Gasteiger partial charge in [-0.3, -0.25) is 0 Å². The van der Waals surface area contributed by atoms with Gasteiger partial charge in [-0.15, -0.1) is 0 Å². The highest BCUT2D eigenvalue weighted by atomic mass is 35.5. The van der Waals surface area contributed by atoms with Crippen molar-refractivity contribution in [2.75, 3.05) is 0 Å². The summed E-state index contributed by atoms with van der Waals surface area (Å²) in [5.41, 5.74) is -0.228. The fourth-order valence-corrected chi connectivity index (χ4v) is 3.94. The normalized spacial score (nSPS) is 17.0. The molecule has 0 aromatic heterocycles. The second-order valence-electron chi connectivity index (χ2n) is 6.57. The summed E-state index contributed by atoms with van der Waals surface area (Å²) in [5.74, 6) is -28.5. The predicted molar refractivity (Wildman–Crippen MR) is 95.7 cm³/mol. The van der Waals surface area contributed by atoms with Gasteiger partial charge in [0, 0.05) is 10.2 Å². The first-order valence-electron chi connectivity index (χ1n) is 8.46. The number of benzene rings is 1. The Labute approximate surface area is 186 Å². The molecule has 0 amide bonds. The molecule has 1 aromatic carbocycles. The van der Waals surface area contributed by atoms with Crippen molar-refractivity contribution in [1.29, 1.82) is 0 Å². The third kappa shape index (κ3) is 4.83. The molecule has 0 saturated heterocycles. The maximum atomic E-state index is 14.1. The summed E-state index contributed by atoms with van der Waals surface area (Å²) in [4.78, 5) is 0. The summed E-state index contributed by atoms with van der Waals surface area (Å²) >= 11 is 11.6. The van der Waals surface area contributed by atoms with Crippen molar-refractivity contribution in [1.82, 2.24) is 0 Å². The van der Waals surface area contributed by atoms with Crippen LogP contribution in [-0.4, -0.2) is 52.9 Å². The maximum absolute atomic E-state index is 14.1. The topological polar surface area (TPSA) is 9.23 Å². The van der Waals surface area contributed by atoms with E-state index in [-0.39, 0.29) is 31.0 Å². The maximum Gasteiger partial charge on any atom is 0.383 e. The number of halogens is 14. The molecule has 3 atom stereocenters. The Morgan fingerprint density at radius 1 is 0.875 bits per heavy atom. The lowest BCUT2D eigenvalue weighted by Gasteiger charge is -2.39. The lowest BCUT2D eigenvalue weighted by molar-refractivity contribution is -0.405. The molecule has 0 saturated carbocycles. The number of rotatable bonds is 10.